The second-order valence-corrected chi connectivity index (χ2v) is 21.9. The molecule has 0 saturated heterocycles. The van der Waals surface area contributed by atoms with Crippen LogP contribution in [0.25, 0.3) is 55.9 Å². The number of hydrogen-bond donors (Lipinski definition) is 0. The summed E-state index contributed by atoms with van der Waals surface area (Å²) in [7, 11) is 0. The van der Waals surface area contributed by atoms with Crippen molar-refractivity contribution in [3.63, 3.8) is 0 Å². The third kappa shape index (κ3) is 7.47. The van der Waals surface area contributed by atoms with Crippen molar-refractivity contribution in [1.29, 1.82) is 0 Å². The molecule has 0 saturated carbocycles. The molecule has 75 heavy (non-hydrogen) atoms. The zero-order chi connectivity index (χ0) is 49.4. The fourth-order valence-corrected chi connectivity index (χ4v) is 14.1. The van der Waals surface area contributed by atoms with E-state index >= 15 is 0 Å². The van der Waals surface area contributed by atoms with Gasteiger partial charge in [-0.2, -0.15) is 0 Å². The first kappa shape index (κ1) is 43.9. The van der Waals surface area contributed by atoms with E-state index in [1.165, 1.54) is 29.4 Å². The molecule has 8 heteroatoms. The van der Waals surface area contributed by atoms with E-state index in [1.54, 1.807) is 0 Å². The summed E-state index contributed by atoms with van der Waals surface area (Å²) < 4.78 is 7.00. The SMILES string of the molecule is c1cc(-c2ccc(-c3cccc(N4c5ccccc5Sc5ccccc54)c3)c(-c3nc4ccccc4o3)c2-c2cccc(N3c4ccccc4Sc4ccccc43)c2)cc(N2c3ccccc3Sc3ccccc32)c1. The molecule has 0 spiro atoms. The van der Waals surface area contributed by atoms with Crippen molar-refractivity contribution in [1.82, 2.24) is 4.98 Å². The molecule has 11 aromatic carbocycles. The van der Waals surface area contributed by atoms with Crippen LogP contribution in [0.3, 0.4) is 0 Å². The van der Waals surface area contributed by atoms with Crippen LogP contribution in [-0.2, 0) is 0 Å². The van der Waals surface area contributed by atoms with Crippen LogP contribution in [0.15, 0.2) is 289 Å². The number of nitrogens with zero attached hydrogens (tertiary/aromatic N) is 4. The van der Waals surface area contributed by atoms with Crippen LogP contribution in [-0.4, -0.2) is 4.98 Å². The number of aromatic nitrogens is 1. The van der Waals surface area contributed by atoms with Gasteiger partial charge in [-0.25, -0.2) is 4.98 Å². The normalized spacial score (nSPS) is 13.1. The van der Waals surface area contributed by atoms with E-state index < -0.39 is 0 Å². The summed E-state index contributed by atoms with van der Waals surface area (Å²) in [4.78, 5) is 19.9. The van der Waals surface area contributed by atoms with Crippen LogP contribution in [0.4, 0.5) is 51.2 Å². The van der Waals surface area contributed by atoms with Crippen molar-refractivity contribution >= 4 is 97.6 Å². The lowest BCUT2D eigenvalue weighted by Gasteiger charge is -2.33. The van der Waals surface area contributed by atoms with Gasteiger partial charge in [-0.3, -0.25) is 0 Å². The first-order chi connectivity index (χ1) is 37.2. The summed E-state index contributed by atoms with van der Waals surface area (Å²) in [5, 5.41) is 0. The maximum Gasteiger partial charge on any atom is 0.228 e. The summed E-state index contributed by atoms with van der Waals surface area (Å²) in [5.41, 5.74) is 18.8. The van der Waals surface area contributed by atoms with E-state index in [9.17, 15) is 0 Å². The van der Waals surface area contributed by atoms with Crippen molar-refractivity contribution in [3.8, 4) is 44.8 Å². The van der Waals surface area contributed by atoms with Gasteiger partial charge in [0.2, 0.25) is 5.89 Å². The molecule has 0 radical (unpaired) electrons. The quantitative estimate of drug-likeness (QED) is 0.156. The molecule has 5 nitrogen and oxygen atoms in total. The Morgan fingerprint density at radius 1 is 0.293 bits per heavy atom. The Kier molecular flexibility index (Phi) is 10.6. The molecule has 3 aliphatic heterocycles. The number of hydrogen-bond acceptors (Lipinski definition) is 8. The highest BCUT2D eigenvalue weighted by molar-refractivity contribution is 8.00. The van der Waals surface area contributed by atoms with Crippen molar-refractivity contribution < 1.29 is 4.42 Å². The zero-order valence-electron chi connectivity index (χ0n) is 40.2. The van der Waals surface area contributed by atoms with Gasteiger partial charge in [-0.1, -0.05) is 169 Å². The predicted octanol–water partition coefficient (Wildman–Crippen LogP) is 20.3. The molecule has 0 atom stereocenters. The number of oxazole rings is 1. The molecule has 1 aromatic heterocycles. The second kappa shape index (κ2) is 18.1. The molecule has 0 amide bonds. The summed E-state index contributed by atoms with van der Waals surface area (Å²) in [6.07, 6.45) is 0. The minimum atomic E-state index is 0.557. The Morgan fingerprint density at radius 3 is 1.03 bits per heavy atom. The predicted molar refractivity (Wildman–Crippen MR) is 312 cm³/mol. The molecular weight excluding hydrogens is 973 g/mol. The molecular formula is C67H42N4OS3. The van der Waals surface area contributed by atoms with Crippen LogP contribution >= 0.6 is 35.3 Å². The maximum absolute atomic E-state index is 7.00. The van der Waals surface area contributed by atoms with E-state index in [4.69, 9.17) is 9.40 Å². The first-order valence-electron chi connectivity index (χ1n) is 25.0. The number of anilines is 9. The molecule has 0 aliphatic carbocycles. The van der Waals surface area contributed by atoms with Gasteiger partial charge < -0.3 is 19.1 Å². The molecule has 0 bridgehead atoms. The minimum absolute atomic E-state index is 0.557. The van der Waals surface area contributed by atoms with E-state index in [-0.39, 0.29) is 0 Å². The van der Waals surface area contributed by atoms with E-state index in [2.05, 4.69) is 245 Å². The first-order valence-corrected chi connectivity index (χ1v) is 27.5. The van der Waals surface area contributed by atoms with E-state index in [0.29, 0.717) is 5.89 Å². The fraction of sp³-hybridized carbons (Fsp3) is 0. The third-order valence-electron chi connectivity index (χ3n) is 14.2. The smallest absolute Gasteiger partial charge is 0.228 e. The highest BCUT2D eigenvalue weighted by atomic mass is 32.2. The summed E-state index contributed by atoms with van der Waals surface area (Å²) in [6, 6.07) is 91.9. The van der Waals surface area contributed by atoms with Gasteiger partial charge in [0, 0.05) is 52.0 Å². The molecule has 0 N–H and O–H groups in total. The molecule has 15 rings (SSSR count). The van der Waals surface area contributed by atoms with Crippen LogP contribution in [0.5, 0.6) is 0 Å². The van der Waals surface area contributed by atoms with Gasteiger partial charge in [0.15, 0.2) is 5.58 Å². The van der Waals surface area contributed by atoms with Crippen molar-refractivity contribution in [2.45, 2.75) is 29.4 Å². The minimum Gasteiger partial charge on any atom is -0.436 e. The van der Waals surface area contributed by atoms with Gasteiger partial charge in [0.05, 0.1) is 39.7 Å². The fourth-order valence-electron chi connectivity index (χ4n) is 11.0. The van der Waals surface area contributed by atoms with Crippen LogP contribution in [0, 0.1) is 0 Å². The number of fused-ring (bicyclic) bond motifs is 7. The van der Waals surface area contributed by atoms with Crippen LogP contribution in [0.1, 0.15) is 0 Å². The zero-order valence-corrected chi connectivity index (χ0v) is 42.6. The summed E-state index contributed by atoms with van der Waals surface area (Å²) in [6.45, 7) is 0. The lowest BCUT2D eigenvalue weighted by Crippen LogP contribution is -2.15. The Bertz CT molecular complexity index is 4070. The highest BCUT2D eigenvalue weighted by Crippen LogP contribution is 2.56. The molecule has 4 heterocycles. The number of rotatable bonds is 7. The van der Waals surface area contributed by atoms with Gasteiger partial charge in [0.25, 0.3) is 0 Å². The lowest BCUT2D eigenvalue weighted by molar-refractivity contribution is 0.620. The third-order valence-corrected chi connectivity index (χ3v) is 17.6. The monoisotopic (exact) mass is 1010 g/mol. The average Bonchev–Trinajstić information content (AvgIpc) is 3.92. The topological polar surface area (TPSA) is 35.8 Å². The maximum atomic E-state index is 7.00. The van der Waals surface area contributed by atoms with Gasteiger partial charge in [-0.15, -0.1) is 0 Å². The molecule has 0 unspecified atom stereocenters. The lowest BCUT2D eigenvalue weighted by atomic mass is 9.85. The number of benzene rings is 11. The van der Waals surface area contributed by atoms with E-state index in [0.717, 1.165) is 101 Å². The van der Waals surface area contributed by atoms with Gasteiger partial charge in [-0.05, 0) is 149 Å². The Balaban J connectivity index is 0.991. The highest BCUT2D eigenvalue weighted by Gasteiger charge is 2.30. The largest absolute Gasteiger partial charge is 0.436 e. The Labute approximate surface area is 447 Å². The standard InChI is InChI=1S/C67H42N4OS3/c1-8-31-58-51(24-1)68-67(72-58)66-50(44-19-16-22-47(41-44)70-54-27-4-11-34-61(54)74-62-35-12-5-28-55(62)70)39-38-49(43-18-15-21-46(40-43)69-52-25-2-9-32-59(52)73-60-33-10-3-26-53(60)69)65(66)45-20-17-23-48(42-45)71-56-29-6-13-36-63(56)75-64-37-14-7-30-57(64)71/h1-42H. The van der Waals surface area contributed by atoms with Crippen molar-refractivity contribution in [2.75, 3.05) is 14.7 Å². The van der Waals surface area contributed by atoms with Crippen molar-refractivity contribution in [3.05, 3.63) is 255 Å². The molecule has 12 aromatic rings. The molecule has 3 aliphatic rings. The Hall–Kier alpha value is -8.66. The van der Waals surface area contributed by atoms with E-state index in [1.807, 2.05) is 59.6 Å². The average molecular weight is 1020 g/mol. The Morgan fingerprint density at radius 2 is 0.627 bits per heavy atom. The molecule has 0 fully saturated rings. The summed E-state index contributed by atoms with van der Waals surface area (Å²) >= 11 is 5.46. The van der Waals surface area contributed by atoms with Crippen LogP contribution in [0.2, 0.25) is 0 Å². The second-order valence-electron chi connectivity index (χ2n) is 18.7. The summed E-state index contributed by atoms with van der Waals surface area (Å²) in [5.74, 6) is 0.557. The van der Waals surface area contributed by atoms with Gasteiger partial charge >= 0.3 is 0 Å². The number of para-hydroxylation sites is 8. The van der Waals surface area contributed by atoms with Crippen molar-refractivity contribution in [2.24, 2.45) is 0 Å². The van der Waals surface area contributed by atoms with Crippen LogP contribution < -0.4 is 14.7 Å². The van der Waals surface area contributed by atoms with Gasteiger partial charge in [0.1, 0.15) is 5.52 Å². The molecule has 354 valence electrons.